The third-order valence-corrected chi connectivity index (χ3v) is 10.4. The lowest BCUT2D eigenvalue weighted by molar-refractivity contribution is 0.213. The molecule has 0 saturated carbocycles. The SMILES string of the molecule is CCCS(=O)(=O)N1CCN(c2ccc([C@H]3CN(C4CCc5cccc(F)c54)C[C@@H]3N(C)C)cc2)CC1. The second kappa shape index (κ2) is 10.4. The number of fused-ring (bicyclic) bond motifs is 1. The number of piperazine rings is 1. The van der Waals surface area contributed by atoms with E-state index in [-0.39, 0.29) is 17.6 Å². The number of hydrogen-bond donors (Lipinski definition) is 0. The Morgan fingerprint density at radius 3 is 2.39 bits per heavy atom. The van der Waals surface area contributed by atoms with Crippen LogP contribution in [0.1, 0.15) is 48.4 Å². The molecular formula is C28H39FN4O2S. The van der Waals surface area contributed by atoms with Gasteiger partial charge in [0.05, 0.1) is 5.75 Å². The van der Waals surface area contributed by atoms with Gasteiger partial charge in [0, 0.05) is 68.5 Å². The molecule has 5 rings (SSSR count). The number of aryl methyl sites for hydroxylation is 1. The molecular weight excluding hydrogens is 475 g/mol. The number of rotatable bonds is 7. The fourth-order valence-electron chi connectivity index (χ4n) is 6.44. The van der Waals surface area contributed by atoms with E-state index in [1.165, 1.54) is 5.56 Å². The third kappa shape index (κ3) is 4.93. The molecule has 1 unspecified atom stereocenters. The van der Waals surface area contributed by atoms with Crippen LogP contribution in [0.2, 0.25) is 0 Å². The van der Waals surface area contributed by atoms with E-state index in [0.717, 1.165) is 42.7 Å². The molecule has 3 atom stereocenters. The lowest BCUT2D eigenvalue weighted by Gasteiger charge is -2.35. The van der Waals surface area contributed by atoms with Crippen LogP contribution in [0.15, 0.2) is 42.5 Å². The summed E-state index contributed by atoms with van der Waals surface area (Å²) in [4.78, 5) is 7.09. The van der Waals surface area contributed by atoms with Crippen molar-refractivity contribution in [1.29, 1.82) is 0 Å². The van der Waals surface area contributed by atoms with Crippen molar-refractivity contribution in [2.24, 2.45) is 0 Å². The summed E-state index contributed by atoms with van der Waals surface area (Å²) in [5.41, 5.74) is 4.54. The van der Waals surface area contributed by atoms with E-state index >= 15 is 0 Å². The normalized spacial score (nSPS) is 25.6. The minimum atomic E-state index is -3.13. The van der Waals surface area contributed by atoms with Gasteiger partial charge in [-0.05, 0) is 62.7 Å². The second-order valence-corrected chi connectivity index (χ2v) is 12.8. The van der Waals surface area contributed by atoms with Gasteiger partial charge in [-0.1, -0.05) is 31.2 Å². The molecule has 0 spiro atoms. The van der Waals surface area contributed by atoms with Crippen LogP contribution in [-0.4, -0.2) is 87.7 Å². The molecule has 2 aliphatic heterocycles. The largest absolute Gasteiger partial charge is 0.369 e. The molecule has 3 aliphatic rings. The Balaban J connectivity index is 1.28. The zero-order valence-electron chi connectivity index (χ0n) is 21.7. The number of halogens is 1. The maximum Gasteiger partial charge on any atom is 0.214 e. The number of sulfonamides is 1. The second-order valence-electron chi connectivity index (χ2n) is 10.8. The predicted molar refractivity (Wildman–Crippen MR) is 144 cm³/mol. The van der Waals surface area contributed by atoms with E-state index in [2.05, 4.69) is 59.1 Å². The highest BCUT2D eigenvalue weighted by atomic mass is 32.2. The number of anilines is 1. The summed E-state index contributed by atoms with van der Waals surface area (Å²) in [5.74, 6) is 0.527. The standard InChI is InChI=1S/C28H39FN4O2S/c1-4-18-36(34,35)33-16-14-31(15-17-33)23-11-8-21(9-12-23)24-19-32(20-27(24)30(2)3)26-13-10-22-6-5-7-25(29)28(22)26/h5-9,11-12,24,26-27H,4,10,13-20H2,1-3H3/t24-,26?,27+/m1/s1. The Hall–Kier alpha value is -2.00. The van der Waals surface area contributed by atoms with Crippen molar-refractivity contribution in [1.82, 2.24) is 14.1 Å². The topological polar surface area (TPSA) is 47.1 Å². The summed E-state index contributed by atoms with van der Waals surface area (Å²) in [5, 5.41) is 0. The first-order valence-electron chi connectivity index (χ1n) is 13.3. The number of likely N-dealkylation sites (tertiary alicyclic amines) is 1. The fourth-order valence-corrected chi connectivity index (χ4v) is 7.93. The Kier molecular flexibility index (Phi) is 7.41. The van der Waals surface area contributed by atoms with Crippen molar-refractivity contribution in [3.63, 3.8) is 0 Å². The Morgan fingerprint density at radius 2 is 1.72 bits per heavy atom. The molecule has 2 aromatic carbocycles. The number of benzene rings is 2. The van der Waals surface area contributed by atoms with Crippen molar-refractivity contribution in [3.05, 3.63) is 65.0 Å². The van der Waals surface area contributed by atoms with E-state index in [0.29, 0.717) is 44.6 Å². The van der Waals surface area contributed by atoms with Crippen molar-refractivity contribution in [2.75, 3.05) is 64.0 Å². The van der Waals surface area contributed by atoms with Gasteiger partial charge in [-0.25, -0.2) is 12.8 Å². The van der Waals surface area contributed by atoms with Gasteiger partial charge in [0.1, 0.15) is 5.82 Å². The first kappa shape index (κ1) is 25.6. The van der Waals surface area contributed by atoms with Crippen molar-refractivity contribution < 1.29 is 12.8 Å². The maximum atomic E-state index is 14.7. The first-order valence-corrected chi connectivity index (χ1v) is 14.9. The average Bonchev–Trinajstić information content (AvgIpc) is 3.50. The van der Waals surface area contributed by atoms with Crippen molar-refractivity contribution >= 4 is 15.7 Å². The van der Waals surface area contributed by atoms with E-state index in [4.69, 9.17) is 0 Å². The van der Waals surface area contributed by atoms with E-state index < -0.39 is 10.0 Å². The molecule has 196 valence electrons. The highest BCUT2D eigenvalue weighted by Crippen LogP contribution is 2.42. The molecule has 0 radical (unpaired) electrons. The van der Waals surface area contributed by atoms with Gasteiger partial charge in [0.2, 0.25) is 10.0 Å². The average molecular weight is 515 g/mol. The van der Waals surface area contributed by atoms with Crippen LogP contribution in [0.3, 0.4) is 0 Å². The molecule has 0 bridgehead atoms. The van der Waals surface area contributed by atoms with E-state index in [9.17, 15) is 12.8 Å². The van der Waals surface area contributed by atoms with Gasteiger partial charge in [0.25, 0.3) is 0 Å². The number of nitrogens with zero attached hydrogens (tertiary/aromatic N) is 4. The number of hydrogen-bond acceptors (Lipinski definition) is 5. The van der Waals surface area contributed by atoms with E-state index in [1.807, 2.05) is 13.0 Å². The molecule has 1 aliphatic carbocycles. The molecule has 6 nitrogen and oxygen atoms in total. The molecule has 2 saturated heterocycles. The lowest BCUT2D eigenvalue weighted by Crippen LogP contribution is -2.49. The summed E-state index contributed by atoms with van der Waals surface area (Å²) in [6.45, 7) is 6.29. The fraction of sp³-hybridized carbons (Fsp3) is 0.571. The summed E-state index contributed by atoms with van der Waals surface area (Å²) < 4.78 is 41.2. The zero-order valence-corrected chi connectivity index (χ0v) is 22.6. The maximum absolute atomic E-state index is 14.7. The van der Waals surface area contributed by atoms with Crippen LogP contribution in [0.5, 0.6) is 0 Å². The van der Waals surface area contributed by atoms with E-state index in [1.54, 1.807) is 10.4 Å². The van der Waals surface area contributed by atoms with Gasteiger partial charge in [-0.15, -0.1) is 0 Å². The van der Waals surface area contributed by atoms with Gasteiger partial charge in [-0.3, -0.25) is 4.90 Å². The highest BCUT2D eigenvalue weighted by Gasteiger charge is 2.41. The molecule has 8 heteroatoms. The smallest absolute Gasteiger partial charge is 0.214 e. The molecule has 2 aromatic rings. The lowest BCUT2D eigenvalue weighted by atomic mass is 9.93. The van der Waals surface area contributed by atoms with Crippen LogP contribution >= 0.6 is 0 Å². The molecule has 36 heavy (non-hydrogen) atoms. The number of likely N-dealkylation sites (N-methyl/N-ethyl adjacent to an activating group) is 1. The van der Waals surface area contributed by atoms with Gasteiger partial charge >= 0.3 is 0 Å². The quantitative estimate of drug-likeness (QED) is 0.564. The third-order valence-electron chi connectivity index (χ3n) is 8.37. The van der Waals surface area contributed by atoms with Crippen LogP contribution in [0.25, 0.3) is 0 Å². The van der Waals surface area contributed by atoms with Gasteiger partial charge < -0.3 is 9.80 Å². The van der Waals surface area contributed by atoms with Crippen molar-refractivity contribution in [2.45, 2.75) is 44.2 Å². The Bertz CT molecular complexity index is 1160. The van der Waals surface area contributed by atoms with Crippen LogP contribution in [0.4, 0.5) is 10.1 Å². The predicted octanol–water partition coefficient (Wildman–Crippen LogP) is 3.70. The summed E-state index contributed by atoms with van der Waals surface area (Å²) >= 11 is 0. The molecule has 0 aromatic heterocycles. The van der Waals surface area contributed by atoms with Crippen LogP contribution in [-0.2, 0) is 16.4 Å². The van der Waals surface area contributed by atoms with Gasteiger partial charge in [-0.2, -0.15) is 4.31 Å². The van der Waals surface area contributed by atoms with Crippen molar-refractivity contribution in [3.8, 4) is 0 Å². The zero-order chi connectivity index (χ0) is 25.4. The minimum Gasteiger partial charge on any atom is -0.369 e. The molecule has 0 N–H and O–H groups in total. The summed E-state index contributed by atoms with van der Waals surface area (Å²) in [7, 11) is 1.16. The minimum absolute atomic E-state index is 0.0632. The summed E-state index contributed by atoms with van der Waals surface area (Å²) in [6.07, 6.45) is 2.59. The Morgan fingerprint density at radius 1 is 1.00 bits per heavy atom. The first-order chi connectivity index (χ1) is 17.3. The van der Waals surface area contributed by atoms with Gasteiger partial charge in [0.15, 0.2) is 0 Å². The molecule has 2 fully saturated rings. The molecule has 0 amide bonds. The highest BCUT2D eigenvalue weighted by molar-refractivity contribution is 7.89. The Labute approximate surface area is 215 Å². The van der Waals surface area contributed by atoms with Crippen LogP contribution < -0.4 is 4.90 Å². The monoisotopic (exact) mass is 514 g/mol. The van der Waals surface area contributed by atoms with Crippen LogP contribution in [0, 0.1) is 5.82 Å². The summed E-state index contributed by atoms with van der Waals surface area (Å²) in [6, 6.07) is 14.9. The molecule has 2 heterocycles.